The van der Waals surface area contributed by atoms with Crippen LogP contribution < -0.4 is 5.73 Å². The predicted octanol–water partition coefficient (Wildman–Crippen LogP) is 10.8. The number of likely N-dealkylation sites (tertiary alicyclic amines) is 1. The summed E-state index contributed by atoms with van der Waals surface area (Å²) in [5, 5.41) is 27.0. The lowest BCUT2D eigenvalue weighted by Gasteiger charge is -2.43. The van der Waals surface area contributed by atoms with Crippen LogP contribution in [0.1, 0.15) is 120 Å². The SMILES string of the molecule is N[C@H](CO)c1ccccc1.O=C(O)CCCC(=O)c1ccc(F)cc1.O=C1CCC[C@@]2(c3ccc(F)cc3)OC[C@H](c3ccccc3)N12.OC[C@H](c1ccccc1)N1CCCC[C@@H]1c1ccc(F)cc1. The minimum Gasteiger partial charge on any atom is -0.481 e. The highest BCUT2D eigenvalue weighted by molar-refractivity contribution is 5.96. The highest BCUT2D eigenvalue weighted by Gasteiger charge is 2.53. The molecule has 5 atom stereocenters. The average molecular weight is 958 g/mol. The predicted molar refractivity (Wildman–Crippen MR) is 263 cm³/mol. The Balaban J connectivity index is 0.000000160. The number of rotatable bonds is 13. The largest absolute Gasteiger partial charge is 0.481 e. The van der Waals surface area contributed by atoms with Crippen LogP contribution in [0.4, 0.5) is 13.2 Å². The van der Waals surface area contributed by atoms with E-state index in [4.69, 9.17) is 20.7 Å². The van der Waals surface area contributed by atoms with Gasteiger partial charge in [0.25, 0.3) is 0 Å². The fraction of sp³-hybridized carbons (Fsp3) is 0.316. The third-order valence-electron chi connectivity index (χ3n) is 12.8. The number of Topliss-reactive ketones (excluding diaryl/α,β-unsaturated/α-hetero) is 1. The summed E-state index contributed by atoms with van der Waals surface area (Å²) in [5.41, 5.74) is 10.4. The number of nitrogens with two attached hydrogens (primary N) is 1. The van der Waals surface area contributed by atoms with Crippen molar-refractivity contribution in [1.82, 2.24) is 9.80 Å². The zero-order valence-electron chi connectivity index (χ0n) is 39.2. The number of ether oxygens (including phenoxy) is 1. The lowest BCUT2D eigenvalue weighted by Crippen LogP contribution is -2.49. The van der Waals surface area contributed by atoms with Crippen LogP contribution in [0.3, 0.4) is 0 Å². The lowest BCUT2D eigenvalue weighted by atomic mass is 9.89. The summed E-state index contributed by atoms with van der Waals surface area (Å²) in [7, 11) is 0. The van der Waals surface area contributed by atoms with E-state index in [1.807, 2.05) is 95.9 Å². The van der Waals surface area contributed by atoms with Gasteiger partial charge in [-0.25, -0.2) is 13.2 Å². The second-order valence-electron chi connectivity index (χ2n) is 17.4. The van der Waals surface area contributed by atoms with E-state index in [-0.39, 0.29) is 73.5 Å². The molecule has 3 aliphatic heterocycles. The maximum atomic E-state index is 13.3. The van der Waals surface area contributed by atoms with Crippen LogP contribution in [0.15, 0.2) is 164 Å². The number of ketones is 1. The van der Waals surface area contributed by atoms with Gasteiger partial charge in [0.1, 0.15) is 17.5 Å². The molecule has 0 saturated carbocycles. The highest BCUT2D eigenvalue weighted by Crippen LogP contribution is 2.49. The van der Waals surface area contributed by atoms with Crippen molar-refractivity contribution >= 4 is 17.7 Å². The molecule has 0 spiro atoms. The van der Waals surface area contributed by atoms with Crippen molar-refractivity contribution in [2.75, 3.05) is 26.4 Å². The molecule has 0 bridgehead atoms. The molecular weight excluding hydrogens is 896 g/mol. The van der Waals surface area contributed by atoms with Crippen LogP contribution >= 0.6 is 0 Å². The van der Waals surface area contributed by atoms with E-state index in [9.17, 15) is 32.7 Å². The number of carboxylic acids is 1. The molecule has 13 heteroatoms. The molecule has 3 heterocycles. The Morgan fingerprint density at radius 1 is 0.657 bits per heavy atom. The number of piperidine rings is 2. The smallest absolute Gasteiger partial charge is 0.303 e. The maximum Gasteiger partial charge on any atom is 0.303 e. The van der Waals surface area contributed by atoms with Gasteiger partial charge in [-0.05, 0) is 103 Å². The number of benzene rings is 6. The van der Waals surface area contributed by atoms with E-state index < -0.39 is 17.5 Å². The number of fused-ring (bicyclic) bond motifs is 1. The van der Waals surface area contributed by atoms with Crippen LogP contribution in [0.25, 0.3) is 0 Å². The fourth-order valence-electron chi connectivity index (χ4n) is 9.21. The molecule has 70 heavy (non-hydrogen) atoms. The third kappa shape index (κ3) is 14.3. The molecule has 3 saturated heterocycles. The molecule has 368 valence electrons. The minimum atomic E-state index is -0.915. The van der Waals surface area contributed by atoms with Crippen LogP contribution in [0.5, 0.6) is 0 Å². The van der Waals surface area contributed by atoms with Crippen LogP contribution in [0.2, 0.25) is 0 Å². The third-order valence-corrected chi connectivity index (χ3v) is 12.8. The summed E-state index contributed by atoms with van der Waals surface area (Å²) in [6.45, 7) is 1.53. The summed E-state index contributed by atoms with van der Waals surface area (Å²) in [5.74, 6) is -1.84. The monoisotopic (exact) mass is 957 g/mol. The van der Waals surface area contributed by atoms with Gasteiger partial charge in [0.2, 0.25) is 5.91 Å². The Labute approximate surface area is 408 Å². The van der Waals surface area contributed by atoms with Crippen molar-refractivity contribution < 1.29 is 47.6 Å². The van der Waals surface area contributed by atoms with Crippen molar-refractivity contribution in [3.63, 3.8) is 0 Å². The quantitative estimate of drug-likeness (QED) is 0.0829. The first kappa shape index (κ1) is 52.9. The zero-order chi connectivity index (χ0) is 49.9. The van der Waals surface area contributed by atoms with Crippen LogP contribution in [-0.2, 0) is 20.1 Å². The van der Waals surface area contributed by atoms with Gasteiger partial charge in [-0.15, -0.1) is 0 Å². The number of carbonyl (C=O) groups is 3. The number of nitrogens with zero attached hydrogens (tertiary/aromatic N) is 2. The van der Waals surface area contributed by atoms with Crippen LogP contribution in [-0.4, -0.2) is 69.1 Å². The molecule has 3 fully saturated rings. The minimum absolute atomic E-state index is 0.00319. The molecule has 6 aromatic rings. The van der Waals surface area contributed by atoms with Crippen molar-refractivity contribution in [2.45, 2.75) is 87.7 Å². The average Bonchev–Trinajstić information content (AvgIpc) is 3.81. The normalized spacial score (nSPS) is 19.4. The van der Waals surface area contributed by atoms with Crippen molar-refractivity contribution in [3.05, 3.63) is 215 Å². The Hall–Kier alpha value is -6.48. The van der Waals surface area contributed by atoms with E-state index in [0.717, 1.165) is 60.0 Å². The molecule has 0 unspecified atom stereocenters. The van der Waals surface area contributed by atoms with Gasteiger partial charge in [0.15, 0.2) is 11.5 Å². The van der Waals surface area contributed by atoms with Crippen LogP contribution in [0, 0.1) is 17.5 Å². The lowest BCUT2D eigenvalue weighted by molar-refractivity contribution is -0.163. The fourth-order valence-corrected chi connectivity index (χ4v) is 9.21. The van der Waals surface area contributed by atoms with E-state index in [1.165, 1.54) is 55.0 Å². The Morgan fingerprint density at radius 2 is 1.20 bits per heavy atom. The number of halogens is 3. The summed E-state index contributed by atoms with van der Waals surface area (Å²) < 4.78 is 45.2. The van der Waals surface area contributed by atoms with Gasteiger partial charge >= 0.3 is 5.97 Å². The molecule has 0 aromatic heterocycles. The van der Waals surface area contributed by atoms with Gasteiger partial charge in [-0.1, -0.05) is 122 Å². The van der Waals surface area contributed by atoms with E-state index >= 15 is 0 Å². The number of aliphatic carboxylic acids is 1. The van der Waals surface area contributed by atoms with E-state index in [2.05, 4.69) is 17.0 Å². The molecule has 10 nitrogen and oxygen atoms in total. The molecule has 5 N–H and O–H groups in total. The second kappa shape index (κ2) is 26.5. The number of amides is 1. The molecule has 0 aliphatic carbocycles. The molecule has 0 radical (unpaired) electrons. The molecule has 1 amide bonds. The topological polar surface area (TPSA) is 154 Å². The molecule has 3 aliphatic rings. The van der Waals surface area contributed by atoms with Gasteiger partial charge in [0, 0.05) is 42.9 Å². The molecule has 9 rings (SSSR count). The number of hydrogen-bond acceptors (Lipinski definition) is 8. The number of carbonyl (C=O) groups excluding carboxylic acids is 2. The standard InChI is InChI=1S/C19H18FNO2.C19H22FNO.C11H11FO3.C8H11NO/c20-16-10-8-15(9-11-16)19-12-4-7-18(22)21(19)17(13-23-19)14-5-2-1-3-6-14;20-17-11-9-16(10-12-17)18-8-4-5-13-21(18)19(14-22)15-6-2-1-3-7-15;12-9-6-4-8(5-7-9)10(13)2-1-3-11(14)15;9-8(6-10)7-4-2-1-3-5-7/h1-3,5-6,8-11,17H,4,7,12-13H2;1-3,6-7,9-12,18-19,22H,4-5,8,13-14H2;4-7H,1-3H2,(H,14,15);1-5,8,10H,6,9H2/t17-,19+;18-,19-;;8-/m11.1/s1. The van der Waals surface area contributed by atoms with E-state index in [0.29, 0.717) is 25.0 Å². The Morgan fingerprint density at radius 3 is 1.77 bits per heavy atom. The Kier molecular flexibility index (Phi) is 20.0. The Bertz CT molecular complexity index is 2520. The first-order valence-electron chi connectivity index (χ1n) is 23.8. The van der Waals surface area contributed by atoms with Crippen molar-refractivity contribution in [2.24, 2.45) is 5.73 Å². The number of carboxylic acid groups (broad SMARTS) is 1. The first-order chi connectivity index (χ1) is 33.9. The number of aliphatic hydroxyl groups is 2. The first-order valence-corrected chi connectivity index (χ1v) is 23.8. The van der Waals surface area contributed by atoms with E-state index in [1.54, 1.807) is 12.1 Å². The summed E-state index contributed by atoms with van der Waals surface area (Å²) in [6.07, 6.45) is 5.90. The van der Waals surface area contributed by atoms with Gasteiger partial charge in [-0.3, -0.25) is 19.3 Å². The zero-order valence-corrected chi connectivity index (χ0v) is 39.2. The van der Waals surface area contributed by atoms with Crippen molar-refractivity contribution in [1.29, 1.82) is 0 Å². The number of aliphatic hydroxyl groups excluding tert-OH is 2. The summed E-state index contributed by atoms with van der Waals surface area (Å²) in [6, 6.07) is 47.9. The van der Waals surface area contributed by atoms with Gasteiger partial charge < -0.3 is 30.7 Å². The highest BCUT2D eigenvalue weighted by atomic mass is 19.1. The molecular formula is C57H62F3N3O7. The van der Waals surface area contributed by atoms with Gasteiger partial charge in [-0.2, -0.15) is 0 Å². The summed E-state index contributed by atoms with van der Waals surface area (Å²) >= 11 is 0. The summed E-state index contributed by atoms with van der Waals surface area (Å²) in [4.78, 5) is 38.5. The second-order valence-corrected chi connectivity index (χ2v) is 17.4. The molecule has 6 aromatic carbocycles. The van der Waals surface area contributed by atoms with Crippen molar-refractivity contribution in [3.8, 4) is 0 Å². The number of hydrogen-bond donors (Lipinski definition) is 4. The maximum absolute atomic E-state index is 13.3. The van der Waals surface area contributed by atoms with Gasteiger partial charge in [0.05, 0.1) is 37.9 Å².